The number of aliphatic hydroxyl groups excluding tert-OH is 1. The molecule has 1 aromatic rings. The predicted molar refractivity (Wildman–Crippen MR) is 91.5 cm³/mol. The highest BCUT2D eigenvalue weighted by atomic mass is 16.6. The van der Waals surface area contributed by atoms with Crippen molar-refractivity contribution in [3.05, 3.63) is 22.8 Å². The maximum Gasteiger partial charge on any atom is 0.317 e. The van der Waals surface area contributed by atoms with Crippen LogP contribution in [0.1, 0.15) is 75.7 Å². The lowest BCUT2D eigenvalue weighted by Crippen LogP contribution is -2.65. The van der Waals surface area contributed by atoms with Gasteiger partial charge in [0.25, 0.3) is 0 Å². The molecule has 4 aliphatic rings. The van der Waals surface area contributed by atoms with E-state index in [1.54, 1.807) is 6.07 Å². The van der Waals surface area contributed by atoms with Gasteiger partial charge < -0.3 is 20.1 Å². The molecule has 2 bridgehead atoms. The normalized spacial score (nSPS) is 35.3. The Kier molecular flexibility index (Phi) is 3.28. The lowest BCUT2D eigenvalue weighted by atomic mass is 9.46. The molecule has 5 rings (SSSR count). The van der Waals surface area contributed by atoms with Crippen molar-refractivity contribution < 1.29 is 24.9 Å². The number of aliphatic hydroxyl groups is 1. The minimum absolute atomic E-state index is 0.000547. The Hall–Kier alpha value is -1.75. The highest BCUT2D eigenvalue weighted by molar-refractivity contribution is 5.90. The molecular formula is C20H26O5. The summed E-state index contributed by atoms with van der Waals surface area (Å²) >= 11 is 0. The van der Waals surface area contributed by atoms with Crippen molar-refractivity contribution in [2.45, 2.75) is 70.5 Å². The van der Waals surface area contributed by atoms with Gasteiger partial charge in [-0.3, -0.25) is 4.79 Å². The van der Waals surface area contributed by atoms with Crippen molar-refractivity contribution in [1.82, 2.24) is 0 Å². The van der Waals surface area contributed by atoms with Crippen LogP contribution in [0.25, 0.3) is 0 Å². The molecule has 1 saturated heterocycles. The van der Waals surface area contributed by atoms with E-state index in [9.17, 15) is 20.1 Å². The second-order valence-corrected chi connectivity index (χ2v) is 8.89. The van der Waals surface area contributed by atoms with Gasteiger partial charge in [-0.05, 0) is 30.2 Å². The highest BCUT2D eigenvalue weighted by Gasteiger charge is 2.68. The van der Waals surface area contributed by atoms with Crippen LogP contribution in [0.2, 0.25) is 0 Å². The Morgan fingerprint density at radius 2 is 1.88 bits per heavy atom. The van der Waals surface area contributed by atoms with E-state index in [-0.39, 0.29) is 34.7 Å². The Bertz CT molecular complexity index is 766. The number of carbonyl (C=O) groups is 1. The molecule has 136 valence electrons. The van der Waals surface area contributed by atoms with Crippen LogP contribution in [0.15, 0.2) is 6.07 Å². The van der Waals surface area contributed by atoms with Crippen molar-refractivity contribution in [3.8, 4) is 11.5 Å². The van der Waals surface area contributed by atoms with Gasteiger partial charge in [0, 0.05) is 22.6 Å². The molecule has 2 aliphatic heterocycles. The molecule has 5 heteroatoms. The topological polar surface area (TPSA) is 87.0 Å². The fourth-order valence-electron chi connectivity index (χ4n) is 5.71. The second kappa shape index (κ2) is 4.91. The third kappa shape index (κ3) is 1.85. The molecule has 3 unspecified atom stereocenters. The van der Waals surface area contributed by atoms with Gasteiger partial charge in [-0.1, -0.05) is 34.1 Å². The summed E-state index contributed by atoms with van der Waals surface area (Å²) in [6.07, 6.45) is 0.648. The van der Waals surface area contributed by atoms with E-state index in [0.29, 0.717) is 23.1 Å². The third-order valence-electron chi connectivity index (χ3n) is 6.72. The summed E-state index contributed by atoms with van der Waals surface area (Å²) < 4.78 is 5.63. The van der Waals surface area contributed by atoms with Crippen LogP contribution < -0.4 is 0 Å². The van der Waals surface area contributed by atoms with Crippen molar-refractivity contribution in [2.24, 2.45) is 11.3 Å². The maximum atomic E-state index is 13.0. The van der Waals surface area contributed by atoms with E-state index in [4.69, 9.17) is 4.74 Å². The molecule has 5 nitrogen and oxygen atoms in total. The molecule has 0 radical (unpaired) electrons. The summed E-state index contributed by atoms with van der Waals surface area (Å²) in [5.41, 5.74) is 0.405. The first kappa shape index (κ1) is 16.7. The minimum Gasteiger partial charge on any atom is -0.504 e. The van der Waals surface area contributed by atoms with Gasteiger partial charge in [-0.15, -0.1) is 0 Å². The summed E-state index contributed by atoms with van der Waals surface area (Å²) in [7, 11) is 0. The Balaban J connectivity index is 2.06. The van der Waals surface area contributed by atoms with E-state index in [0.717, 1.165) is 12.8 Å². The molecule has 1 saturated carbocycles. The van der Waals surface area contributed by atoms with Crippen LogP contribution in [0.4, 0.5) is 0 Å². The first-order valence-corrected chi connectivity index (χ1v) is 9.11. The third-order valence-corrected chi connectivity index (χ3v) is 6.72. The van der Waals surface area contributed by atoms with Gasteiger partial charge in [-0.2, -0.15) is 0 Å². The SMILES string of the molecule is CC(C)c1cc2c(c(O)c1O)C13CCCC(C)(C)C1[C@@H](O)C2OC3=O. The molecule has 2 heterocycles. The van der Waals surface area contributed by atoms with Crippen LogP contribution in [0.5, 0.6) is 11.5 Å². The van der Waals surface area contributed by atoms with Gasteiger partial charge in [0.05, 0.1) is 6.10 Å². The number of aromatic hydroxyl groups is 2. The number of phenols is 2. The van der Waals surface area contributed by atoms with Gasteiger partial charge in [-0.25, -0.2) is 0 Å². The quantitative estimate of drug-likeness (QED) is 0.537. The second-order valence-electron chi connectivity index (χ2n) is 8.89. The number of phenolic OH excluding ortho intramolecular Hbond substituents is 2. The maximum absolute atomic E-state index is 13.0. The molecule has 3 N–H and O–H groups in total. The molecule has 1 spiro atoms. The van der Waals surface area contributed by atoms with Gasteiger partial charge in [0.15, 0.2) is 17.6 Å². The number of fused-ring (bicyclic) bond motifs is 1. The minimum atomic E-state index is -1.08. The summed E-state index contributed by atoms with van der Waals surface area (Å²) in [6.45, 7) is 7.98. The lowest BCUT2D eigenvalue weighted by molar-refractivity contribution is -0.213. The number of hydrogen-bond donors (Lipinski definition) is 3. The van der Waals surface area contributed by atoms with Gasteiger partial charge in [0.2, 0.25) is 0 Å². The largest absolute Gasteiger partial charge is 0.504 e. The average molecular weight is 346 g/mol. The molecule has 2 aliphatic carbocycles. The summed E-state index contributed by atoms with van der Waals surface area (Å²) in [4.78, 5) is 13.0. The zero-order valence-corrected chi connectivity index (χ0v) is 15.2. The molecule has 2 fully saturated rings. The lowest BCUT2D eigenvalue weighted by Gasteiger charge is -2.60. The average Bonchev–Trinajstić information content (AvgIpc) is 2.51. The molecule has 0 amide bonds. The molecule has 25 heavy (non-hydrogen) atoms. The Morgan fingerprint density at radius 3 is 2.52 bits per heavy atom. The van der Waals surface area contributed by atoms with E-state index >= 15 is 0 Å². The van der Waals surface area contributed by atoms with Crippen LogP contribution >= 0.6 is 0 Å². The Labute approximate surface area is 147 Å². The van der Waals surface area contributed by atoms with Gasteiger partial charge >= 0.3 is 5.97 Å². The molecule has 0 aromatic heterocycles. The standard InChI is InChI=1S/C20H26O5/c1-9(2)10-8-11-12(14(22)13(10)21)20-7-5-6-19(3,4)17(20)15(23)16(11)25-18(20)24/h8-9,15-17,21-23H,5-7H2,1-4H3/t15-,16?,17?,20?/m0/s1. The van der Waals surface area contributed by atoms with E-state index in [1.165, 1.54) is 0 Å². The molecule has 4 atom stereocenters. The number of rotatable bonds is 1. The first-order chi connectivity index (χ1) is 11.6. The number of esters is 1. The van der Waals surface area contributed by atoms with Crippen molar-refractivity contribution in [3.63, 3.8) is 0 Å². The van der Waals surface area contributed by atoms with Crippen LogP contribution in [-0.2, 0) is 14.9 Å². The number of hydrogen-bond acceptors (Lipinski definition) is 5. The summed E-state index contributed by atoms with van der Waals surface area (Å²) in [6, 6.07) is 1.80. The fourth-order valence-corrected chi connectivity index (χ4v) is 5.71. The highest BCUT2D eigenvalue weighted by Crippen LogP contribution is 2.66. The smallest absolute Gasteiger partial charge is 0.317 e. The molecule has 1 aromatic carbocycles. The van der Waals surface area contributed by atoms with Gasteiger partial charge in [0.1, 0.15) is 5.41 Å². The van der Waals surface area contributed by atoms with Crippen LogP contribution in [0.3, 0.4) is 0 Å². The van der Waals surface area contributed by atoms with E-state index < -0.39 is 17.6 Å². The number of ether oxygens (including phenoxy) is 1. The Morgan fingerprint density at radius 1 is 1.20 bits per heavy atom. The zero-order valence-electron chi connectivity index (χ0n) is 15.2. The van der Waals surface area contributed by atoms with Crippen molar-refractivity contribution in [2.75, 3.05) is 0 Å². The van der Waals surface area contributed by atoms with E-state index in [1.807, 2.05) is 13.8 Å². The van der Waals surface area contributed by atoms with E-state index in [2.05, 4.69) is 13.8 Å². The zero-order chi connectivity index (χ0) is 18.3. The number of carbonyl (C=O) groups excluding carboxylic acids is 1. The van der Waals surface area contributed by atoms with Crippen molar-refractivity contribution in [1.29, 1.82) is 0 Å². The van der Waals surface area contributed by atoms with Crippen LogP contribution in [-0.4, -0.2) is 27.4 Å². The fraction of sp³-hybridized carbons (Fsp3) is 0.650. The number of benzene rings is 1. The van der Waals surface area contributed by atoms with Crippen LogP contribution in [0, 0.1) is 11.3 Å². The first-order valence-electron chi connectivity index (χ1n) is 9.11. The predicted octanol–water partition coefficient (Wildman–Crippen LogP) is 3.26. The molecular weight excluding hydrogens is 320 g/mol. The monoisotopic (exact) mass is 346 g/mol. The summed E-state index contributed by atoms with van der Waals surface area (Å²) in [5, 5.41) is 32.5. The summed E-state index contributed by atoms with van der Waals surface area (Å²) in [5.74, 6) is -1.07. The van der Waals surface area contributed by atoms with Crippen molar-refractivity contribution >= 4 is 5.97 Å².